The molecule has 0 bridgehead atoms. The van der Waals surface area contributed by atoms with Gasteiger partial charge in [0.25, 0.3) is 0 Å². The van der Waals surface area contributed by atoms with E-state index in [0.717, 1.165) is 25.1 Å². The lowest BCUT2D eigenvalue weighted by Gasteiger charge is -2.21. The summed E-state index contributed by atoms with van der Waals surface area (Å²) in [7, 11) is 0. The summed E-state index contributed by atoms with van der Waals surface area (Å²) in [6, 6.07) is 0. The molecule has 0 N–H and O–H groups in total. The number of hydrogen-bond donors (Lipinski definition) is 0. The maximum Gasteiger partial charge on any atom is 0.0935 e. The molecule has 2 saturated heterocycles. The van der Waals surface area contributed by atoms with Crippen molar-refractivity contribution in [1.82, 2.24) is 0 Å². The Balaban J connectivity index is 1.80. The van der Waals surface area contributed by atoms with Crippen LogP contribution in [0.4, 0.5) is 0 Å². The molecule has 2 aliphatic heterocycles. The summed E-state index contributed by atoms with van der Waals surface area (Å²) in [4.78, 5) is 0. The Bertz CT molecular complexity index is 97.2. The normalized spacial score (nSPS) is 42.7. The molecule has 2 nitrogen and oxygen atoms in total. The fraction of sp³-hybridized carbons (Fsp3) is 1.00. The highest BCUT2D eigenvalue weighted by Gasteiger charge is 2.34. The van der Waals surface area contributed by atoms with E-state index in [-0.39, 0.29) is 0 Å². The van der Waals surface area contributed by atoms with Gasteiger partial charge in [-0.1, -0.05) is 0 Å². The molecule has 52 valence electrons. The Kier molecular flexibility index (Phi) is 1.66. The van der Waals surface area contributed by atoms with Gasteiger partial charge in [-0.25, -0.2) is 0 Å². The van der Waals surface area contributed by atoms with Crippen molar-refractivity contribution in [3.05, 3.63) is 0 Å². The minimum absolute atomic E-state index is 0.406. The molecule has 0 aromatic carbocycles. The Labute approximate surface area is 58.9 Å². The minimum Gasteiger partial charge on any atom is -0.376 e. The van der Waals surface area contributed by atoms with E-state index in [9.17, 15) is 0 Å². The molecule has 2 unspecified atom stereocenters. The summed E-state index contributed by atoms with van der Waals surface area (Å²) in [5.74, 6) is 1.27. The average molecular weight is 146 g/mol. The van der Waals surface area contributed by atoms with Gasteiger partial charge in [0, 0.05) is 11.0 Å². The molecule has 2 fully saturated rings. The van der Waals surface area contributed by atoms with Crippen LogP contribution in [0.1, 0.15) is 0 Å². The summed E-state index contributed by atoms with van der Waals surface area (Å²) in [5.41, 5.74) is 0. The van der Waals surface area contributed by atoms with Crippen LogP contribution in [0.2, 0.25) is 0 Å². The van der Waals surface area contributed by atoms with Crippen LogP contribution in [-0.4, -0.2) is 36.9 Å². The monoisotopic (exact) mass is 146 g/mol. The van der Waals surface area contributed by atoms with Gasteiger partial charge in [0.2, 0.25) is 0 Å². The zero-order chi connectivity index (χ0) is 6.10. The lowest BCUT2D eigenvalue weighted by Crippen LogP contribution is -2.32. The van der Waals surface area contributed by atoms with Crippen molar-refractivity contribution in [2.75, 3.05) is 25.6 Å². The van der Waals surface area contributed by atoms with Crippen LogP contribution in [0, 0.1) is 0 Å². The van der Waals surface area contributed by atoms with Gasteiger partial charge in [-0.3, -0.25) is 0 Å². The molecule has 0 amide bonds. The van der Waals surface area contributed by atoms with Crippen LogP contribution in [0.3, 0.4) is 0 Å². The van der Waals surface area contributed by atoms with Crippen LogP contribution in [-0.2, 0) is 9.47 Å². The van der Waals surface area contributed by atoms with Crippen molar-refractivity contribution in [2.24, 2.45) is 0 Å². The van der Waals surface area contributed by atoms with E-state index in [1.165, 1.54) is 5.75 Å². The highest BCUT2D eigenvalue weighted by atomic mass is 32.2. The van der Waals surface area contributed by atoms with Crippen LogP contribution in [0.25, 0.3) is 0 Å². The van der Waals surface area contributed by atoms with E-state index in [1.54, 1.807) is 0 Å². The zero-order valence-corrected chi connectivity index (χ0v) is 6.02. The fourth-order valence-corrected chi connectivity index (χ4v) is 1.69. The van der Waals surface area contributed by atoms with Crippen molar-refractivity contribution in [2.45, 2.75) is 11.4 Å². The quantitative estimate of drug-likeness (QED) is 0.502. The second-order valence-electron chi connectivity index (χ2n) is 2.36. The molecule has 2 heterocycles. The van der Waals surface area contributed by atoms with Crippen LogP contribution >= 0.6 is 11.8 Å². The van der Waals surface area contributed by atoms with E-state index < -0.39 is 0 Å². The first-order valence-corrected chi connectivity index (χ1v) is 4.32. The highest BCUT2D eigenvalue weighted by Crippen LogP contribution is 2.35. The van der Waals surface area contributed by atoms with Crippen LogP contribution < -0.4 is 0 Å². The van der Waals surface area contributed by atoms with Crippen LogP contribution in [0.5, 0.6) is 0 Å². The minimum atomic E-state index is 0.406. The van der Waals surface area contributed by atoms with E-state index in [1.807, 2.05) is 11.8 Å². The molecule has 9 heavy (non-hydrogen) atoms. The van der Waals surface area contributed by atoms with E-state index >= 15 is 0 Å². The summed E-state index contributed by atoms with van der Waals surface area (Å²) in [6.07, 6.45) is 0.406. The van der Waals surface area contributed by atoms with E-state index in [4.69, 9.17) is 9.47 Å². The molecule has 0 aromatic rings. The fourth-order valence-electron chi connectivity index (χ4n) is 0.991. The first kappa shape index (κ1) is 6.01. The van der Waals surface area contributed by atoms with E-state index in [2.05, 4.69) is 0 Å². The Morgan fingerprint density at radius 3 is 2.78 bits per heavy atom. The van der Waals surface area contributed by atoms with Gasteiger partial charge in [-0.2, -0.15) is 11.8 Å². The number of ether oxygens (including phenoxy) is 2. The van der Waals surface area contributed by atoms with Gasteiger partial charge in [0.05, 0.1) is 25.9 Å². The SMILES string of the molecule is C1COC(C2CS2)CO1. The van der Waals surface area contributed by atoms with Gasteiger partial charge >= 0.3 is 0 Å². The molecule has 2 aliphatic rings. The van der Waals surface area contributed by atoms with E-state index in [0.29, 0.717) is 6.10 Å². The van der Waals surface area contributed by atoms with Crippen molar-refractivity contribution < 1.29 is 9.47 Å². The van der Waals surface area contributed by atoms with Gasteiger partial charge in [-0.05, 0) is 0 Å². The summed E-state index contributed by atoms with van der Waals surface area (Å²) >= 11 is 1.97. The smallest absolute Gasteiger partial charge is 0.0935 e. The van der Waals surface area contributed by atoms with Gasteiger partial charge in [-0.15, -0.1) is 0 Å². The third kappa shape index (κ3) is 1.39. The molecule has 0 spiro atoms. The Hall–Kier alpha value is 0.270. The summed E-state index contributed by atoms with van der Waals surface area (Å²) < 4.78 is 10.7. The van der Waals surface area contributed by atoms with Crippen molar-refractivity contribution in [3.8, 4) is 0 Å². The molecule has 0 aromatic heterocycles. The Morgan fingerprint density at radius 1 is 1.33 bits per heavy atom. The highest BCUT2D eigenvalue weighted by molar-refractivity contribution is 8.06. The second kappa shape index (κ2) is 2.48. The van der Waals surface area contributed by atoms with Gasteiger partial charge in [0.15, 0.2) is 0 Å². The van der Waals surface area contributed by atoms with Gasteiger partial charge in [0.1, 0.15) is 0 Å². The number of thioether (sulfide) groups is 1. The average Bonchev–Trinajstić information content (AvgIpc) is 2.71. The maximum atomic E-state index is 5.46. The lowest BCUT2D eigenvalue weighted by molar-refractivity contribution is -0.0835. The van der Waals surface area contributed by atoms with Crippen LogP contribution in [0.15, 0.2) is 0 Å². The van der Waals surface area contributed by atoms with Gasteiger partial charge < -0.3 is 9.47 Å². The molecular formula is C6H10O2S. The first-order chi connectivity index (χ1) is 4.47. The summed E-state index contributed by atoms with van der Waals surface area (Å²) in [6.45, 7) is 2.40. The van der Waals surface area contributed by atoms with Crippen molar-refractivity contribution >= 4 is 11.8 Å². The molecule has 0 aliphatic carbocycles. The first-order valence-electron chi connectivity index (χ1n) is 3.28. The molecule has 3 heteroatoms. The Morgan fingerprint density at radius 2 is 2.22 bits per heavy atom. The zero-order valence-electron chi connectivity index (χ0n) is 5.21. The number of rotatable bonds is 1. The lowest BCUT2D eigenvalue weighted by atomic mass is 10.3. The number of hydrogen-bond acceptors (Lipinski definition) is 3. The third-order valence-corrected chi connectivity index (χ3v) is 2.64. The summed E-state index contributed by atoms with van der Waals surface area (Å²) in [5, 5.41) is 0.755. The van der Waals surface area contributed by atoms with Crippen molar-refractivity contribution in [3.63, 3.8) is 0 Å². The second-order valence-corrected chi connectivity index (χ2v) is 3.63. The standard InChI is InChI=1S/C6H10O2S/c1-2-8-5(3-7-1)6-4-9-6/h5-6H,1-4H2. The molecule has 0 radical (unpaired) electrons. The topological polar surface area (TPSA) is 18.5 Å². The largest absolute Gasteiger partial charge is 0.376 e. The maximum absolute atomic E-state index is 5.46. The molecule has 0 saturated carbocycles. The predicted octanol–water partition coefficient (Wildman–Crippen LogP) is 0.517. The predicted molar refractivity (Wildman–Crippen MR) is 36.8 cm³/mol. The van der Waals surface area contributed by atoms with Crippen molar-refractivity contribution in [1.29, 1.82) is 0 Å². The molecular weight excluding hydrogens is 136 g/mol. The molecule has 2 rings (SSSR count). The molecule has 2 atom stereocenters. The third-order valence-electron chi connectivity index (χ3n) is 1.62.